The van der Waals surface area contributed by atoms with Crippen LogP contribution in [0, 0.1) is 5.21 Å². The van der Waals surface area contributed by atoms with Gasteiger partial charge < -0.3 is 25.8 Å². The average molecular weight is 567 g/mol. The van der Waals surface area contributed by atoms with Crippen molar-refractivity contribution in [1.29, 1.82) is 0 Å². The third-order valence-electron chi connectivity index (χ3n) is 6.96. The number of allylic oxidation sites excluding steroid dienone is 2. The number of unbranched alkanes of at least 4 members (excludes halogenated alkanes) is 14. The van der Waals surface area contributed by atoms with Crippen LogP contribution in [0.25, 0.3) is 0 Å². The molecule has 0 spiro atoms. The summed E-state index contributed by atoms with van der Waals surface area (Å²) in [5.41, 5.74) is 0. The van der Waals surface area contributed by atoms with Crippen molar-refractivity contribution in [2.24, 2.45) is 0 Å². The Bertz CT molecular complexity index is 662. The van der Waals surface area contributed by atoms with E-state index in [0.29, 0.717) is 32.6 Å². The number of carbonyl (C=O) groups excluding carboxylic acids is 3. The number of nitrogens with zero attached hydrogens (tertiary/aromatic N) is 1. The topological polar surface area (TPSA) is 110 Å². The third-order valence-corrected chi connectivity index (χ3v) is 6.96. The highest BCUT2D eigenvalue weighted by Gasteiger charge is 2.07. The van der Waals surface area contributed by atoms with Crippen molar-refractivity contribution >= 4 is 17.7 Å². The number of hydroxylamine groups is 3. The van der Waals surface area contributed by atoms with E-state index in [9.17, 15) is 19.6 Å². The molecule has 0 rings (SSSR count). The lowest BCUT2D eigenvalue weighted by Crippen LogP contribution is -2.35. The van der Waals surface area contributed by atoms with Gasteiger partial charge in [-0.1, -0.05) is 76.9 Å². The second-order valence-corrected chi connectivity index (χ2v) is 11.6. The summed E-state index contributed by atoms with van der Waals surface area (Å²) in [5, 5.41) is 19.9. The first-order valence-corrected chi connectivity index (χ1v) is 16.2. The van der Waals surface area contributed by atoms with Crippen molar-refractivity contribution in [3.05, 3.63) is 17.4 Å². The lowest BCUT2D eigenvalue weighted by atomic mass is 10.1. The molecule has 0 unspecified atom stereocenters. The molecule has 0 aliphatic carbocycles. The van der Waals surface area contributed by atoms with Gasteiger partial charge in [0, 0.05) is 38.9 Å². The highest BCUT2D eigenvalue weighted by molar-refractivity contribution is 5.83. The van der Waals surface area contributed by atoms with Crippen LogP contribution in [-0.2, 0) is 14.4 Å². The zero-order valence-corrected chi connectivity index (χ0v) is 26.2. The van der Waals surface area contributed by atoms with Crippen LogP contribution in [0.3, 0.4) is 0 Å². The first-order chi connectivity index (χ1) is 19.2. The van der Waals surface area contributed by atoms with Crippen LogP contribution < -0.4 is 16.0 Å². The van der Waals surface area contributed by atoms with Gasteiger partial charge in [0.1, 0.15) is 0 Å². The first kappa shape index (κ1) is 38.1. The van der Waals surface area contributed by atoms with E-state index in [1.54, 1.807) is 14.1 Å². The number of rotatable bonds is 28. The van der Waals surface area contributed by atoms with E-state index in [-0.39, 0.29) is 35.2 Å². The Morgan fingerprint density at radius 2 is 0.975 bits per heavy atom. The van der Waals surface area contributed by atoms with Crippen LogP contribution in [0.15, 0.2) is 12.2 Å². The monoisotopic (exact) mass is 566 g/mol. The zero-order valence-electron chi connectivity index (χ0n) is 26.2. The molecule has 0 aromatic rings. The molecule has 8 heteroatoms. The van der Waals surface area contributed by atoms with Crippen molar-refractivity contribution in [2.75, 3.05) is 40.3 Å². The Hall–Kier alpha value is -1.93. The molecule has 0 aliphatic heterocycles. The molecule has 3 N–H and O–H groups in total. The van der Waals surface area contributed by atoms with Crippen LogP contribution in [0.4, 0.5) is 0 Å². The van der Waals surface area contributed by atoms with Gasteiger partial charge in [0.25, 0.3) is 0 Å². The molecule has 3 amide bonds. The summed E-state index contributed by atoms with van der Waals surface area (Å²) in [4.78, 5) is 35.8. The van der Waals surface area contributed by atoms with Crippen LogP contribution in [0.1, 0.15) is 135 Å². The molecule has 0 aromatic carbocycles. The van der Waals surface area contributed by atoms with Gasteiger partial charge in [-0.05, 0) is 51.4 Å². The zero-order chi connectivity index (χ0) is 29.7. The largest absolute Gasteiger partial charge is 0.633 e. The Balaban J connectivity index is 3.45. The minimum atomic E-state index is -0.261. The van der Waals surface area contributed by atoms with Gasteiger partial charge >= 0.3 is 0 Å². The van der Waals surface area contributed by atoms with Gasteiger partial charge in [0.05, 0.1) is 20.6 Å². The van der Waals surface area contributed by atoms with Crippen molar-refractivity contribution in [3.63, 3.8) is 0 Å². The molecular formula is C32H62N4O4. The molecule has 0 bridgehead atoms. The van der Waals surface area contributed by atoms with E-state index in [1.807, 2.05) is 0 Å². The minimum Gasteiger partial charge on any atom is -0.633 e. The summed E-state index contributed by atoms with van der Waals surface area (Å²) < 4.78 is -0.261. The summed E-state index contributed by atoms with van der Waals surface area (Å²) in [6.07, 6.45) is 25.3. The molecule has 0 fully saturated rings. The van der Waals surface area contributed by atoms with Gasteiger partial charge in [-0.3, -0.25) is 14.4 Å². The maximum Gasteiger partial charge on any atom is 0.220 e. The van der Waals surface area contributed by atoms with Crippen LogP contribution in [0.5, 0.6) is 0 Å². The highest BCUT2D eigenvalue weighted by atomic mass is 16.5. The number of carbonyl (C=O) groups is 3. The Labute approximate surface area is 245 Å². The van der Waals surface area contributed by atoms with Crippen molar-refractivity contribution in [2.45, 2.75) is 135 Å². The number of amides is 3. The fraction of sp³-hybridized carbons (Fsp3) is 0.844. The van der Waals surface area contributed by atoms with E-state index in [0.717, 1.165) is 44.9 Å². The molecular weight excluding hydrogens is 504 g/mol. The molecule has 40 heavy (non-hydrogen) atoms. The Morgan fingerprint density at radius 3 is 1.52 bits per heavy atom. The van der Waals surface area contributed by atoms with Crippen molar-refractivity contribution in [1.82, 2.24) is 16.0 Å². The molecule has 0 saturated heterocycles. The van der Waals surface area contributed by atoms with Gasteiger partial charge in [-0.15, -0.1) is 0 Å². The molecule has 234 valence electrons. The first-order valence-electron chi connectivity index (χ1n) is 16.2. The maximum absolute atomic E-state index is 12.0. The van der Waals surface area contributed by atoms with E-state index < -0.39 is 0 Å². The molecule has 0 saturated carbocycles. The van der Waals surface area contributed by atoms with Crippen molar-refractivity contribution < 1.29 is 19.0 Å². The number of hydrogen-bond acceptors (Lipinski definition) is 4. The lowest BCUT2D eigenvalue weighted by Gasteiger charge is -2.33. The SMILES string of the molecule is CCCCCCCC/C=C\CCCCCCCC(=O)NCCNC(=O)CCC(=O)NCCCCCC[N+](C)(C)[O-]. The van der Waals surface area contributed by atoms with E-state index in [1.165, 1.54) is 64.2 Å². The number of quaternary nitrogens is 1. The second-order valence-electron chi connectivity index (χ2n) is 11.6. The van der Waals surface area contributed by atoms with Gasteiger partial charge in [0.15, 0.2) is 0 Å². The summed E-state index contributed by atoms with van der Waals surface area (Å²) in [5.74, 6) is -0.275. The highest BCUT2D eigenvalue weighted by Crippen LogP contribution is 2.10. The lowest BCUT2D eigenvalue weighted by molar-refractivity contribution is -0.840. The Morgan fingerprint density at radius 1 is 0.550 bits per heavy atom. The molecule has 0 aliphatic rings. The Kier molecular flexibility index (Phi) is 25.9. The van der Waals surface area contributed by atoms with Gasteiger partial charge in [-0.2, -0.15) is 0 Å². The molecule has 0 atom stereocenters. The molecule has 0 aromatic heterocycles. The smallest absolute Gasteiger partial charge is 0.220 e. The fourth-order valence-corrected chi connectivity index (χ4v) is 4.45. The van der Waals surface area contributed by atoms with Gasteiger partial charge in [0.2, 0.25) is 17.7 Å². The number of nitrogens with one attached hydrogen (secondary N) is 3. The van der Waals surface area contributed by atoms with Crippen molar-refractivity contribution in [3.8, 4) is 0 Å². The van der Waals surface area contributed by atoms with E-state index in [2.05, 4.69) is 35.0 Å². The third kappa shape index (κ3) is 30.6. The fourth-order valence-electron chi connectivity index (χ4n) is 4.45. The summed E-state index contributed by atoms with van der Waals surface area (Å²) in [7, 11) is 3.29. The predicted molar refractivity (Wildman–Crippen MR) is 167 cm³/mol. The van der Waals surface area contributed by atoms with Crippen LogP contribution in [-0.4, -0.2) is 62.6 Å². The minimum absolute atomic E-state index is 0.0297. The van der Waals surface area contributed by atoms with Crippen LogP contribution >= 0.6 is 0 Å². The van der Waals surface area contributed by atoms with E-state index >= 15 is 0 Å². The second kappa shape index (κ2) is 27.3. The molecule has 0 radical (unpaired) electrons. The maximum atomic E-state index is 12.0. The van der Waals surface area contributed by atoms with Crippen LogP contribution in [0.2, 0.25) is 0 Å². The summed E-state index contributed by atoms with van der Waals surface area (Å²) in [6.45, 7) is 4.25. The van der Waals surface area contributed by atoms with E-state index in [4.69, 9.17) is 0 Å². The molecule has 8 nitrogen and oxygen atoms in total. The standard InChI is InChI=1S/C32H62N4O4/c1-4-5-6-7-8-9-10-11-12-13-14-15-16-17-20-23-30(37)34-27-28-35-32(39)25-24-31(38)33-26-21-18-19-22-29-36(2,3)40/h11-12H,4-10,13-29H2,1-3H3,(H,33,38)(H,34,37)(H,35,39)/b12-11-. The van der Waals surface area contributed by atoms with Gasteiger partial charge in [-0.25, -0.2) is 0 Å². The molecule has 0 heterocycles. The average Bonchev–Trinajstić information content (AvgIpc) is 2.91. The summed E-state index contributed by atoms with van der Waals surface area (Å²) >= 11 is 0. The normalized spacial score (nSPS) is 11.6. The predicted octanol–water partition coefficient (Wildman–Crippen LogP) is 6.29. The quantitative estimate of drug-likeness (QED) is 0.0447. The number of hydrogen-bond donors (Lipinski definition) is 3. The summed E-state index contributed by atoms with van der Waals surface area (Å²) in [6, 6.07) is 0.